The van der Waals surface area contributed by atoms with Crippen molar-refractivity contribution < 1.29 is 8.42 Å². The number of nitrogens with one attached hydrogen (secondary N) is 2. The second kappa shape index (κ2) is 8.60. The summed E-state index contributed by atoms with van der Waals surface area (Å²) in [6.07, 6.45) is 4.25. The molecule has 0 unspecified atom stereocenters. The van der Waals surface area contributed by atoms with Gasteiger partial charge < -0.3 is 4.98 Å². The predicted octanol–water partition coefficient (Wildman–Crippen LogP) is 4.60. The number of hydrogen-bond donors (Lipinski definition) is 2. The van der Waals surface area contributed by atoms with E-state index in [4.69, 9.17) is 4.98 Å². The number of aromatic amines is 1. The first-order chi connectivity index (χ1) is 13.6. The number of aromatic nitrogens is 2. The molecule has 0 saturated carbocycles. The van der Waals surface area contributed by atoms with E-state index in [9.17, 15) is 8.42 Å². The van der Waals surface area contributed by atoms with Gasteiger partial charge in [-0.1, -0.05) is 31.6 Å². The zero-order chi connectivity index (χ0) is 21.3. The van der Waals surface area contributed by atoms with Crippen LogP contribution in [0.25, 0.3) is 11.0 Å². The summed E-state index contributed by atoms with van der Waals surface area (Å²) in [6, 6.07) is 6.31. The van der Waals surface area contributed by atoms with Gasteiger partial charge in [0.25, 0.3) is 0 Å². The number of nitrogens with zero attached hydrogens (tertiary/aromatic N) is 1. The van der Waals surface area contributed by atoms with E-state index in [1.165, 1.54) is 11.1 Å². The molecule has 1 aliphatic carbocycles. The van der Waals surface area contributed by atoms with Gasteiger partial charge in [0.2, 0.25) is 10.0 Å². The Labute approximate surface area is 175 Å². The molecule has 1 aromatic carbocycles. The molecule has 0 fully saturated rings. The quantitative estimate of drug-likeness (QED) is 0.647. The highest BCUT2D eigenvalue weighted by Crippen LogP contribution is 2.38. The van der Waals surface area contributed by atoms with Crippen molar-refractivity contribution in [3.63, 3.8) is 0 Å². The second-order valence-electron chi connectivity index (χ2n) is 9.27. The van der Waals surface area contributed by atoms with Gasteiger partial charge in [0, 0.05) is 13.0 Å². The molecule has 3 atom stereocenters. The highest BCUT2D eigenvalue weighted by Gasteiger charge is 2.33. The third-order valence-electron chi connectivity index (χ3n) is 6.35. The minimum Gasteiger partial charge on any atom is -0.342 e. The minimum atomic E-state index is -3.24. The summed E-state index contributed by atoms with van der Waals surface area (Å²) in [5, 5.41) is -0.405. The molecule has 5 nitrogen and oxygen atoms in total. The van der Waals surface area contributed by atoms with Crippen LogP contribution in [0.3, 0.4) is 0 Å². The molecule has 0 aliphatic heterocycles. The largest absolute Gasteiger partial charge is 0.342 e. The van der Waals surface area contributed by atoms with E-state index in [1.807, 2.05) is 0 Å². The number of H-pyrrole nitrogens is 1. The van der Waals surface area contributed by atoms with Gasteiger partial charge in [-0.05, 0) is 75.5 Å². The van der Waals surface area contributed by atoms with Gasteiger partial charge in [0.15, 0.2) is 0 Å². The summed E-state index contributed by atoms with van der Waals surface area (Å²) in [5.74, 6) is 2.64. The van der Waals surface area contributed by atoms with Gasteiger partial charge in [0.05, 0.1) is 16.3 Å². The molecular weight excluding hydrogens is 382 g/mol. The van der Waals surface area contributed by atoms with Gasteiger partial charge in [-0.15, -0.1) is 0 Å². The van der Waals surface area contributed by atoms with Gasteiger partial charge in [-0.3, -0.25) is 0 Å². The van der Waals surface area contributed by atoms with Gasteiger partial charge >= 0.3 is 0 Å². The molecule has 1 aliphatic rings. The standard InChI is InChI=1S/C23H35N3O2S/c1-14(2)20-11-18(12-23-25-21-8-7-16(5)9-22(21)26-23)17(6)10-19(20)13-24-29(27,28)15(3)4/h7-10,14-15,18-20,24H,11-13H2,1-6H3,(H,25,26)/t18-,19-,20-/m0/s1. The lowest BCUT2D eigenvalue weighted by molar-refractivity contribution is 0.227. The van der Waals surface area contributed by atoms with Crippen LogP contribution < -0.4 is 4.72 Å². The van der Waals surface area contributed by atoms with Gasteiger partial charge in [0.1, 0.15) is 5.82 Å². The summed E-state index contributed by atoms with van der Waals surface area (Å²) in [6.45, 7) is 12.7. The van der Waals surface area contributed by atoms with Gasteiger partial charge in [-0.25, -0.2) is 18.1 Å². The molecule has 0 saturated heterocycles. The van der Waals surface area contributed by atoms with E-state index in [0.29, 0.717) is 24.3 Å². The van der Waals surface area contributed by atoms with E-state index in [-0.39, 0.29) is 5.92 Å². The van der Waals surface area contributed by atoms with E-state index in [1.54, 1.807) is 13.8 Å². The van der Waals surface area contributed by atoms with Crippen LogP contribution in [-0.4, -0.2) is 30.2 Å². The molecule has 1 aromatic heterocycles. The van der Waals surface area contributed by atoms with E-state index < -0.39 is 15.3 Å². The van der Waals surface area contributed by atoms with Crippen LogP contribution in [0, 0.1) is 30.6 Å². The Morgan fingerprint density at radius 3 is 2.59 bits per heavy atom. The van der Waals surface area contributed by atoms with Crippen molar-refractivity contribution in [2.24, 2.45) is 23.7 Å². The Hall–Kier alpha value is -1.66. The van der Waals surface area contributed by atoms with Crippen molar-refractivity contribution in [1.29, 1.82) is 0 Å². The third-order valence-corrected chi connectivity index (χ3v) is 8.16. The van der Waals surface area contributed by atoms with Crippen molar-refractivity contribution in [2.45, 2.75) is 59.6 Å². The van der Waals surface area contributed by atoms with Crippen molar-refractivity contribution in [2.75, 3.05) is 6.54 Å². The maximum absolute atomic E-state index is 12.2. The number of aryl methyl sites for hydroxylation is 1. The van der Waals surface area contributed by atoms with Crippen molar-refractivity contribution in [3.05, 3.63) is 41.2 Å². The van der Waals surface area contributed by atoms with E-state index in [0.717, 1.165) is 29.7 Å². The fraction of sp³-hybridized carbons (Fsp3) is 0.609. The molecule has 160 valence electrons. The number of imidazole rings is 1. The van der Waals surface area contributed by atoms with Crippen molar-refractivity contribution in [3.8, 4) is 0 Å². The third kappa shape index (κ3) is 5.10. The molecule has 0 bridgehead atoms. The van der Waals surface area contributed by atoms with Crippen molar-refractivity contribution >= 4 is 21.1 Å². The number of hydrogen-bond acceptors (Lipinski definition) is 3. The topological polar surface area (TPSA) is 74.8 Å². The number of rotatable bonds is 7. The molecule has 0 spiro atoms. The molecule has 0 radical (unpaired) electrons. The van der Waals surface area contributed by atoms with Crippen LogP contribution in [0.4, 0.5) is 0 Å². The van der Waals surface area contributed by atoms with Crippen LogP contribution in [-0.2, 0) is 16.4 Å². The smallest absolute Gasteiger partial charge is 0.213 e. The Kier molecular flexibility index (Phi) is 6.54. The fourth-order valence-corrected chi connectivity index (χ4v) is 5.15. The average molecular weight is 418 g/mol. The summed E-state index contributed by atoms with van der Waals surface area (Å²) in [7, 11) is -3.24. The SMILES string of the molecule is CC1=C[C@@H](CNS(=O)(=O)C(C)C)[C@H](C(C)C)C[C@H]1Cc1nc2ccc(C)cc2[nH]1. The Morgan fingerprint density at radius 2 is 1.93 bits per heavy atom. The first-order valence-electron chi connectivity index (χ1n) is 10.7. The van der Waals surface area contributed by atoms with Crippen LogP contribution >= 0.6 is 0 Å². The molecule has 29 heavy (non-hydrogen) atoms. The first-order valence-corrected chi connectivity index (χ1v) is 12.2. The van der Waals surface area contributed by atoms with Crippen LogP contribution in [0.1, 0.15) is 52.4 Å². The lowest BCUT2D eigenvalue weighted by Gasteiger charge is -2.37. The number of benzene rings is 1. The molecule has 6 heteroatoms. The van der Waals surface area contributed by atoms with Crippen molar-refractivity contribution in [1.82, 2.24) is 14.7 Å². The molecule has 2 N–H and O–H groups in total. The van der Waals surface area contributed by atoms with E-state index >= 15 is 0 Å². The second-order valence-corrected chi connectivity index (χ2v) is 11.6. The average Bonchev–Trinajstić information content (AvgIpc) is 3.02. The minimum absolute atomic E-state index is 0.234. The highest BCUT2D eigenvalue weighted by molar-refractivity contribution is 7.90. The molecule has 3 rings (SSSR count). The molecular formula is C23H35N3O2S. The molecule has 0 amide bonds. The predicted molar refractivity (Wildman–Crippen MR) is 120 cm³/mol. The first kappa shape index (κ1) is 22.0. The van der Waals surface area contributed by atoms with Crippen LogP contribution in [0.15, 0.2) is 29.8 Å². The number of allylic oxidation sites excluding steroid dienone is 1. The lowest BCUT2D eigenvalue weighted by Crippen LogP contribution is -2.39. The zero-order valence-electron chi connectivity index (χ0n) is 18.5. The Morgan fingerprint density at radius 1 is 1.21 bits per heavy atom. The van der Waals surface area contributed by atoms with Crippen LogP contribution in [0.5, 0.6) is 0 Å². The molecule has 2 aromatic rings. The monoisotopic (exact) mass is 417 g/mol. The van der Waals surface area contributed by atoms with Crippen LogP contribution in [0.2, 0.25) is 0 Å². The normalized spacial score (nSPS) is 23.2. The van der Waals surface area contributed by atoms with Gasteiger partial charge in [-0.2, -0.15) is 0 Å². The fourth-order valence-electron chi connectivity index (χ4n) is 4.39. The maximum atomic E-state index is 12.2. The summed E-state index contributed by atoms with van der Waals surface area (Å²) in [5.41, 5.74) is 4.68. The zero-order valence-corrected chi connectivity index (χ0v) is 19.3. The molecule has 1 heterocycles. The highest BCUT2D eigenvalue weighted by atomic mass is 32.2. The Bertz CT molecular complexity index is 989. The Balaban J connectivity index is 1.77. The number of fused-ring (bicyclic) bond motifs is 1. The number of sulfonamides is 1. The maximum Gasteiger partial charge on any atom is 0.213 e. The summed E-state index contributed by atoms with van der Waals surface area (Å²) in [4.78, 5) is 8.27. The van der Waals surface area contributed by atoms with E-state index in [2.05, 4.69) is 61.7 Å². The lowest BCUT2D eigenvalue weighted by atomic mass is 9.70. The summed E-state index contributed by atoms with van der Waals surface area (Å²) < 4.78 is 27.2. The summed E-state index contributed by atoms with van der Waals surface area (Å²) >= 11 is 0.